The van der Waals surface area contributed by atoms with Crippen LogP contribution in [0.4, 0.5) is 0 Å². The van der Waals surface area contributed by atoms with Crippen LogP contribution in [0.1, 0.15) is 9.75 Å². The van der Waals surface area contributed by atoms with Gasteiger partial charge < -0.3 is 0 Å². The standard InChI is InChI=1S/C8H6N4S/c9-3-7-1-2-8(13-7)4-12-6-10-5-11-12/h1-2,5-6H,4H2. The van der Waals surface area contributed by atoms with Gasteiger partial charge >= 0.3 is 0 Å². The smallest absolute Gasteiger partial charge is 0.137 e. The topological polar surface area (TPSA) is 54.5 Å². The third-order valence-electron chi connectivity index (χ3n) is 1.56. The molecule has 0 bridgehead atoms. The van der Waals surface area contributed by atoms with Gasteiger partial charge in [-0.1, -0.05) is 0 Å². The highest BCUT2D eigenvalue weighted by Crippen LogP contribution is 2.15. The highest BCUT2D eigenvalue weighted by atomic mass is 32.1. The van der Waals surface area contributed by atoms with Gasteiger partial charge in [0.25, 0.3) is 0 Å². The summed E-state index contributed by atoms with van der Waals surface area (Å²) in [5.74, 6) is 0. The molecule has 0 radical (unpaired) electrons. The summed E-state index contributed by atoms with van der Waals surface area (Å²) in [6.07, 6.45) is 3.16. The van der Waals surface area contributed by atoms with E-state index in [-0.39, 0.29) is 0 Å². The van der Waals surface area contributed by atoms with Gasteiger partial charge in [0.15, 0.2) is 0 Å². The summed E-state index contributed by atoms with van der Waals surface area (Å²) < 4.78 is 1.73. The first-order valence-electron chi connectivity index (χ1n) is 3.70. The third-order valence-corrected chi connectivity index (χ3v) is 2.53. The summed E-state index contributed by atoms with van der Waals surface area (Å²) in [5, 5.41) is 12.6. The maximum absolute atomic E-state index is 8.60. The Kier molecular flexibility index (Phi) is 2.06. The average molecular weight is 190 g/mol. The van der Waals surface area contributed by atoms with E-state index in [4.69, 9.17) is 5.26 Å². The van der Waals surface area contributed by atoms with Crippen molar-refractivity contribution >= 4 is 11.3 Å². The molecular formula is C8H6N4S. The van der Waals surface area contributed by atoms with Crippen LogP contribution in [0.15, 0.2) is 24.8 Å². The average Bonchev–Trinajstić information content (AvgIpc) is 2.76. The van der Waals surface area contributed by atoms with Gasteiger partial charge in [-0.2, -0.15) is 10.4 Å². The molecule has 2 heterocycles. The van der Waals surface area contributed by atoms with Crippen LogP contribution in [-0.4, -0.2) is 14.8 Å². The molecule has 0 aliphatic carbocycles. The molecule has 0 aliphatic heterocycles. The molecule has 2 rings (SSSR count). The first-order valence-corrected chi connectivity index (χ1v) is 4.51. The number of hydrogen-bond acceptors (Lipinski definition) is 4. The van der Waals surface area contributed by atoms with Gasteiger partial charge in [-0.25, -0.2) is 9.67 Å². The Morgan fingerprint density at radius 3 is 3.08 bits per heavy atom. The molecule has 0 aromatic carbocycles. The van der Waals surface area contributed by atoms with Crippen LogP contribution in [-0.2, 0) is 6.54 Å². The second kappa shape index (κ2) is 3.37. The van der Waals surface area contributed by atoms with Crippen LogP contribution in [0.25, 0.3) is 0 Å². The van der Waals surface area contributed by atoms with E-state index < -0.39 is 0 Å². The molecule has 0 N–H and O–H groups in total. The Bertz CT molecular complexity index is 423. The van der Waals surface area contributed by atoms with E-state index in [0.717, 1.165) is 9.75 Å². The van der Waals surface area contributed by atoms with Crippen molar-refractivity contribution in [2.45, 2.75) is 6.54 Å². The molecule has 0 unspecified atom stereocenters. The number of rotatable bonds is 2. The lowest BCUT2D eigenvalue weighted by Gasteiger charge is -1.94. The van der Waals surface area contributed by atoms with Crippen molar-refractivity contribution in [2.24, 2.45) is 0 Å². The Balaban J connectivity index is 2.15. The fourth-order valence-corrected chi connectivity index (χ4v) is 1.79. The fraction of sp³-hybridized carbons (Fsp3) is 0.125. The van der Waals surface area contributed by atoms with Gasteiger partial charge in [-0.05, 0) is 12.1 Å². The van der Waals surface area contributed by atoms with E-state index in [2.05, 4.69) is 16.2 Å². The molecule has 2 aromatic heterocycles. The van der Waals surface area contributed by atoms with Crippen molar-refractivity contribution < 1.29 is 0 Å². The first kappa shape index (κ1) is 7.95. The monoisotopic (exact) mass is 190 g/mol. The lowest BCUT2D eigenvalue weighted by Crippen LogP contribution is -1.97. The van der Waals surface area contributed by atoms with Gasteiger partial charge in [-0.3, -0.25) is 0 Å². The van der Waals surface area contributed by atoms with Crippen LogP contribution >= 0.6 is 11.3 Å². The Hall–Kier alpha value is -1.67. The predicted octanol–water partition coefficient (Wildman–Crippen LogP) is 1.26. The molecule has 64 valence electrons. The Morgan fingerprint density at radius 1 is 1.54 bits per heavy atom. The summed E-state index contributed by atoms with van der Waals surface area (Å²) in [5.41, 5.74) is 0. The molecule has 0 atom stereocenters. The second-order valence-electron chi connectivity index (χ2n) is 2.47. The van der Waals surface area contributed by atoms with Crippen LogP contribution < -0.4 is 0 Å². The number of thiophene rings is 1. The van der Waals surface area contributed by atoms with Crippen molar-refractivity contribution in [2.75, 3.05) is 0 Å². The quantitative estimate of drug-likeness (QED) is 0.716. The van der Waals surface area contributed by atoms with Crippen molar-refractivity contribution in [3.8, 4) is 6.07 Å². The molecular weight excluding hydrogens is 184 g/mol. The molecule has 13 heavy (non-hydrogen) atoms. The Morgan fingerprint density at radius 2 is 2.46 bits per heavy atom. The summed E-state index contributed by atoms with van der Waals surface area (Å²) >= 11 is 1.48. The zero-order chi connectivity index (χ0) is 9.10. The molecule has 0 saturated heterocycles. The van der Waals surface area contributed by atoms with Gasteiger partial charge in [0.05, 0.1) is 6.54 Å². The van der Waals surface area contributed by atoms with Crippen LogP contribution in [0.3, 0.4) is 0 Å². The fourth-order valence-electron chi connectivity index (χ4n) is 0.997. The van der Waals surface area contributed by atoms with Gasteiger partial charge in [0.1, 0.15) is 23.6 Å². The van der Waals surface area contributed by atoms with E-state index >= 15 is 0 Å². The second-order valence-corrected chi connectivity index (χ2v) is 3.64. The van der Waals surface area contributed by atoms with E-state index in [1.807, 2.05) is 12.1 Å². The van der Waals surface area contributed by atoms with Crippen LogP contribution in [0, 0.1) is 11.3 Å². The van der Waals surface area contributed by atoms with Crippen molar-refractivity contribution in [1.82, 2.24) is 14.8 Å². The van der Waals surface area contributed by atoms with Crippen molar-refractivity contribution in [1.29, 1.82) is 5.26 Å². The third kappa shape index (κ3) is 1.73. The first-order chi connectivity index (χ1) is 6.38. The molecule has 0 saturated carbocycles. The van der Waals surface area contributed by atoms with Gasteiger partial charge in [0, 0.05) is 4.88 Å². The molecule has 4 nitrogen and oxygen atoms in total. The highest BCUT2D eigenvalue weighted by Gasteiger charge is 1.99. The minimum atomic E-state index is 0.687. The van der Waals surface area contributed by atoms with E-state index in [1.54, 1.807) is 11.0 Å². The summed E-state index contributed by atoms with van der Waals surface area (Å²) in [4.78, 5) is 5.68. The summed E-state index contributed by atoms with van der Waals surface area (Å²) in [7, 11) is 0. The number of aromatic nitrogens is 3. The minimum absolute atomic E-state index is 0.687. The van der Waals surface area contributed by atoms with Gasteiger partial charge in [0.2, 0.25) is 0 Å². The molecule has 0 aliphatic rings. The lowest BCUT2D eigenvalue weighted by atomic mass is 10.4. The molecule has 0 amide bonds. The predicted molar refractivity (Wildman–Crippen MR) is 48.2 cm³/mol. The van der Waals surface area contributed by atoms with Gasteiger partial charge in [-0.15, -0.1) is 11.3 Å². The summed E-state index contributed by atoms with van der Waals surface area (Å²) in [6, 6.07) is 5.85. The maximum Gasteiger partial charge on any atom is 0.137 e. The molecule has 0 spiro atoms. The van der Waals surface area contributed by atoms with E-state index in [0.29, 0.717) is 6.54 Å². The SMILES string of the molecule is N#Cc1ccc(Cn2cncn2)s1. The lowest BCUT2D eigenvalue weighted by molar-refractivity contribution is 0.693. The molecule has 2 aromatic rings. The normalized spacial score (nSPS) is 9.77. The number of nitriles is 1. The van der Waals surface area contributed by atoms with Crippen molar-refractivity contribution in [3.63, 3.8) is 0 Å². The minimum Gasteiger partial charge on any atom is -0.248 e. The van der Waals surface area contributed by atoms with Crippen LogP contribution in [0.2, 0.25) is 0 Å². The zero-order valence-electron chi connectivity index (χ0n) is 6.71. The highest BCUT2D eigenvalue weighted by molar-refractivity contribution is 7.12. The van der Waals surface area contributed by atoms with Crippen LogP contribution in [0.5, 0.6) is 0 Å². The largest absolute Gasteiger partial charge is 0.248 e. The Labute approximate surface area is 79.1 Å². The number of hydrogen-bond donors (Lipinski definition) is 0. The van der Waals surface area contributed by atoms with E-state index in [1.165, 1.54) is 17.7 Å². The number of nitrogens with zero attached hydrogens (tertiary/aromatic N) is 4. The van der Waals surface area contributed by atoms with Crippen molar-refractivity contribution in [3.05, 3.63) is 34.5 Å². The van der Waals surface area contributed by atoms with E-state index in [9.17, 15) is 0 Å². The zero-order valence-corrected chi connectivity index (χ0v) is 7.53. The summed E-state index contributed by atoms with van der Waals surface area (Å²) in [6.45, 7) is 0.687. The maximum atomic E-state index is 8.60. The molecule has 5 heteroatoms. The molecule has 0 fully saturated rings.